The van der Waals surface area contributed by atoms with E-state index in [1.54, 1.807) is 24.3 Å². The summed E-state index contributed by atoms with van der Waals surface area (Å²) in [5, 5.41) is 25.2. The van der Waals surface area contributed by atoms with Crippen LogP contribution in [0, 0.1) is 0 Å². The number of hydrogen-bond donors (Lipinski definition) is 3. The van der Waals surface area contributed by atoms with E-state index in [2.05, 4.69) is 15.5 Å². The molecule has 2 aromatic carbocycles. The fourth-order valence-corrected chi connectivity index (χ4v) is 2.40. The highest BCUT2D eigenvalue weighted by atomic mass is 16.6. The molecule has 10 nitrogen and oxygen atoms in total. The number of benzene rings is 2. The minimum Gasteiger partial charge on any atom is -0.508 e. The summed E-state index contributed by atoms with van der Waals surface area (Å²) in [5.74, 6) is -1.23. The standard InChI is InChI=1S/C19H17N3O7/c1-27-15-5-3-2-4-13(15)20-17(25)9-16-21-18(29-22-16)10-28-19(26)12-7-6-11(23)8-14(12)24/h2-8,23-24H,9-10H2,1H3,(H,20,25). The average Bonchev–Trinajstić information content (AvgIpc) is 3.13. The van der Waals surface area contributed by atoms with Gasteiger partial charge in [0.15, 0.2) is 12.4 Å². The molecule has 0 aliphatic rings. The van der Waals surface area contributed by atoms with Gasteiger partial charge in [0.1, 0.15) is 22.8 Å². The van der Waals surface area contributed by atoms with Crippen molar-refractivity contribution in [3.05, 3.63) is 59.7 Å². The molecular weight excluding hydrogens is 382 g/mol. The quantitative estimate of drug-likeness (QED) is 0.508. The zero-order valence-corrected chi connectivity index (χ0v) is 15.3. The first kappa shape index (κ1) is 19.7. The van der Waals surface area contributed by atoms with Gasteiger partial charge in [0.25, 0.3) is 5.89 Å². The number of rotatable bonds is 7. The van der Waals surface area contributed by atoms with Crippen LogP contribution < -0.4 is 10.1 Å². The largest absolute Gasteiger partial charge is 0.508 e. The number of aromatic hydroxyl groups is 2. The van der Waals surface area contributed by atoms with Crippen molar-refractivity contribution in [2.75, 3.05) is 12.4 Å². The van der Waals surface area contributed by atoms with Crippen LogP contribution >= 0.6 is 0 Å². The zero-order chi connectivity index (χ0) is 20.8. The van der Waals surface area contributed by atoms with Crippen LogP contribution in [0.4, 0.5) is 5.69 Å². The Morgan fingerprint density at radius 3 is 2.72 bits per heavy atom. The van der Waals surface area contributed by atoms with Gasteiger partial charge < -0.3 is 29.5 Å². The maximum atomic E-state index is 12.2. The molecule has 0 fully saturated rings. The highest BCUT2D eigenvalue weighted by Crippen LogP contribution is 2.24. The second kappa shape index (κ2) is 8.74. The second-order valence-electron chi connectivity index (χ2n) is 5.81. The Kier molecular flexibility index (Phi) is 5.93. The molecule has 0 bridgehead atoms. The van der Waals surface area contributed by atoms with Crippen LogP contribution in [0.2, 0.25) is 0 Å². The Bertz CT molecular complexity index is 1030. The van der Waals surface area contributed by atoms with Gasteiger partial charge in [-0.2, -0.15) is 4.98 Å². The third-order valence-corrected chi connectivity index (χ3v) is 3.74. The maximum absolute atomic E-state index is 12.2. The number of anilines is 1. The fraction of sp³-hybridized carbons (Fsp3) is 0.158. The van der Waals surface area contributed by atoms with E-state index in [0.717, 1.165) is 6.07 Å². The Morgan fingerprint density at radius 1 is 1.17 bits per heavy atom. The van der Waals surface area contributed by atoms with Gasteiger partial charge in [0, 0.05) is 6.07 Å². The lowest BCUT2D eigenvalue weighted by atomic mass is 10.2. The molecule has 0 saturated carbocycles. The van der Waals surface area contributed by atoms with Crippen molar-refractivity contribution in [3.63, 3.8) is 0 Å². The van der Waals surface area contributed by atoms with Crippen molar-refractivity contribution in [1.82, 2.24) is 10.1 Å². The molecule has 29 heavy (non-hydrogen) atoms. The number of phenols is 2. The van der Waals surface area contributed by atoms with Gasteiger partial charge in [-0.1, -0.05) is 17.3 Å². The van der Waals surface area contributed by atoms with E-state index in [0.29, 0.717) is 11.4 Å². The van der Waals surface area contributed by atoms with Crippen molar-refractivity contribution in [2.45, 2.75) is 13.0 Å². The van der Waals surface area contributed by atoms with E-state index in [1.807, 2.05) is 0 Å². The lowest BCUT2D eigenvalue weighted by molar-refractivity contribution is -0.115. The Balaban J connectivity index is 1.55. The highest BCUT2D eigenvalue weighted by molar-refractivity contribution is 5.93. The lowest BCUT2D eigenvalue weighted by Crippen LogP contribution is -2.15. The normalized spacial score (nSPS) is 10.4. The van der Waals surface area contributed by atoms with E-state index in [9.17, 15) is 19.8 Å². The minimum atomic E-state index is -0.837. The van der Waals surface area contributed by atoms with Gasteiger partial charge in [-0.25, -0.2) is 4.79 Å². The maximum Gasteiger partial charge on any atom is 0.342 e. The van der Waals surface area contributed by atoms with Gasteiger partial charge in [-0.05, 0) is 24.3 Å². The first-order valence-electron chi connectivity index (χ1n) is 8.39. The number of methoxy groups -OCH3 is 1. The molecule has 0 aliphatic heterocycles. The summed E-state index contributed by atoms with van der Waals surface area (Å²) < 4.78 is 15.1. The lowest BCUT2D eigenvalue weighted by Gasteiger charge is -2.08. The molecule has 0 aliphatic carbocycles. The SMILES string of the molecule is COc1ccccc1NC(=O)Cc1noc(COC(=O)c2ccc(O)cc2O)n1. The monoisotopic (exact) mass is 399 g/mol. The number of ether oxygens (including phenoxy) is 2. The third kappa shape index (κ3) is 5.01. The predicted octanol–water partition coefficient (Wildman–Crippen LogP) is 2.03. The molecule has 0 unspecified atom stereocenters. The summed E-state index contributed by atoms with van der Waals surface area (Å²) in [7, 11) is 1.50. The van der Waals surface area contributed by atoms with E-state index in [-0.39, 0.29) is 42.0 Å². The van der Waals surface area contributed by atoms with Crippen LogP contribution in [0.5, 0.6) is 17.2 Å². The smallest absolute Gasteiger partial charge is 0.342 e. The van der Waals surface area contributed by atoms with Gasteiger partial charge in [-0.3, -0.25) is 4.79 Å². The number of esters is 1. The van der Waals surface area contributed by atoms with Crippen LogP contribution in [0.1, 0.15) is 22.1 Å². The molecule has 3 rings (SSSR count). The number of nitrogens with zero attached hydrogens (tertiary/aromatic N) is 2. The van der Waals surface area contributed by atoms with E-state index in [4.69, 9.17) is 14.0 Å². The molecule has 1 heterocycles. The van der Waals surface area contributed by atoms with Crippen molar-refractivity contribution in [1.29, 1.82) is 0 Å². The summed E-state index contributed by atoms with van der Waals surface area (Å²) in [5.41, 5.74) is 0.380. The van der Waals surface area contributed by atoms with Gasteiger partial charge >= 0.3 is 5.97 Å². The first-order chi connectivity index (χ1) is 14.0. The number of carbonyl (C=O) groups is 2. The Hall–Kier alpha value is -4.08. The summed E-state index contributed by atoms with van der Waals surface area (Å²) >= 11 is 0. The molecule has 0 radical (unpaired) electrons. The second-order valence-corrected chi connectivity index (χ2v) is 5.81. The highest BCUT2D eigenvalue weighted by Gasteiger charge is 2.17. The Labute approximate surface area is 164 Å². The molecule has 3 aromatic rings. The van der Waals surface area contributed by atoms with E-state index in [1.165, 1.54) is 19.2 Å². The molecular formula is C19H17N3O7. The molecule has 10 heteroatoms. The number of para-hydroxylation sites is 2. The molecule has 0 atom stereocenters. The predicted molar refractivity (Wildman–Crippen MR) is 98.5 cm³/mol. The molecule has 1 aromatic heterocycles. The average molecular weight is 399 g/mol. The van der Waals surface area contributed by atoms with E-state index < -0.39 is 11.7 Å². The number of amides is 1. The van der Waals surface area contributed by atoms with Crippen molar-refractivity contribution in [3.8, 4) is 17.2 Å². The number of carbonyl (C=O) groups excluding carboxylic acids is 2. The summed E-state index contributed by atoms with van der Waals surface area (Å²) in [6.45, 7) is -0.347. The van der Waals surface area contributed by atoms with E-state index >= 15 is 0 Å². The molecule has 0 saturated heterocycles. The molecule has 150 valence electrons. The van der Waals surface area contributed by atoms with Crippen LogP contribution in [-0.4, -0.2) is 39.3 Å². The number of phenolic OH excluding ortho intramolecular Hbond substituents is 2. The number of nitrogens with one attached hydrogen (secondary N) is 1. The van der Waals surface area contributed by atoms with Gasteiger partial charge in [0.05, 0.1) is 19.2 Å². The van der Waals surface area contributed by atoms with Crippen LogP contribution in [0.25, 0.3) is 0 Å². The molecule has 1 amide bonds. The molecule has 3 N–H and O–H groups in total. The van der Waals surface area contributed by atoms with Crippen LogP contribution in [0.3, 0.4) is 0 Å². The van der Waals surface area contributed by atoms with Crippen LogP contribution in [0.15, 0.2) is 47.0 Å². The minimum absolute atomic E-state index is 0.0169. The fourth-order valence-electron chi connectivity index (χ4n) is 2.40. The van der Waals surface area contributed by atoms with Crippen molar-refractivity contribution in [2.24, 2.45) is 0 Å². The van der Waals surface area contributed by atoms with Crippen molar-refractivity contribution >= 4 is 17.6 Å². The Morgan fingerprint density at radius 2 is 1.97 bits per heavy atom. The summed E-state index contributed by atoms with van der Waals surface area (Å²) in [6, 6.07) is 10.4. The van der Waals surface area contributed by atoms with Gasteiger partial charge in [-0.15, -0.1) is 0 Å². The number of aromatic nitrogens is 2. The third-order valence-electron chi connectivity index (χ3n) is 3.74. The van der Waals surface area contributed by atoms with Crippen molar-refractivity contribution < 1.29 is 33.8 Å². The zero-order valence-electron chi connectivity index (χ0n) is 15.3. The number of hydrogen-bond acceptors (Lipinski definition) is 9. The topological polar surface area (TPSA) is 144 Å². The van der Waals surface area contributed by atoms with Crippen LogP contribution in [-0.2, 0) is 22.6 Å². The first-order valence-corrected chi connectivity index (χ1v) is 8.39. The molecule has 0 spiro atoms. The summed E-state index contributed by atoms with van der Waals surface area (Å²) in [4.78, 5) is 28.1. The van der Waals surface area contributed by atoms with Gasteiger partial charge in [0.2, 0.25) is 5.91 Å². The summed E-state index contributed by atoms with van der Waals surface area (Å²) in [6.07, 6.45) is -0.158.